The summed E-state index contributed by atoms with van der Waals surface area (Å²) in [4.78, 5) is 28.0. The van der Waals surface area contributed by atoms with Gasteiger partial charge >= 0.3 is 6.09 Å². The number of amides is 1. The van der Waals surface area contributed by atoms with Gasteiger partial charge in [-0.25, -0.2) is 4.79 Å². The molecule has 0 aromatic rings. The number of carbonyl (C=O) groups is 2. The van der Waals surface area contributed by atoms with Gasteiger partial charge in [0.1, 0.15) is 11.6 Å². The lowest BCUT2D eigenvalue weighted by Gasteiger charge is -2.34. The molecule has 2 aliphatic rings. The van der Waals surface area contributed by atoms with Gasteiger partial charge in [0.15, 0.2) is 5.78 Å². The first-order valence-electron chi connectivity index (χ1n) is 6.72. The summed E-state index contributed by atoms with van der Waals surface area (Å²) in [5.41, 5.74) is 0.0342. The van der Waals surface area contributed by atoms with Crippen LogP contribution in [0.1, 0.15) is 20.8 Å². The highest BCUT2D eigenvalue weighted by Crippen LogP contribution is 2.32. The molecule has 0 radical (unpaired) electrons. The Labute approximate surface area is 119 Å². The van der Waals surface area contributed by atoms with E-state index in [1.807, 2.05) is 34.9 Å². The van der Waals surface area contributed by atoms with E-state index in [1.54, 1.807) is 11.1 Å². The van der Waals surface area contributed by atoms with Crippen LogP contribution in [0, 0.1) is 0 Å². The van der Waals surface area contributed by atoms with Crippen molar-refractivity contribution in [3.8, 4) is 0 Å². The van der Waals surface area contributed by atoms with Crippen molar-refractivity contribution in [2.45, 2.75) is 38.5 Å². The number of Topliss-reactive ketones (excluding diaryl/α,β-unsaturated/α-hetero) is 1. The van der Waals surface area contributed by atoms with Crippen molar-refractivity contribution in [3.63, 3.8) is 0 Å². The second-order valence-electron chi connectivity index (χ2n) is 6.37. The van der Waals surface area contributed by atoms with E-state index in [9.17, 15) is 9.59 Å². The second kappa shape index (κ2) is 5.09. The van der Waals surface area contributed by atoms with Gasteiger partial charge < -0.3 is 14.4 Å². The average molecular weight is 282 g/mol. The average Bonchev–Trinajstić information content (AvgIpc) is 2.45. The smallest absolute Gasteiger partial charge is 0.411 e. The minimum absolute atomic E-state index is 0.0490. The first-order chi connectivity index (χ1) is 9.20. The maximum atomic E-state index is 12.4. The third-order valence-corrected chi connectivity index (χ3v) is 3.17. The number of rotatable bonds is 1. The molecule has 2 rings (SSSR count). The van der Waals surface area contributed by atoms with E-state index in [4.69, 9.17) is 9.47 Å². The fourth-order valence-electron chi connectivity index (χ4n) is 2.46. The van der Waals surface area contributed by atoms with Crippen molar-refractivity contribution in [1.82, 2.24) is 9.80 Å². The first-order valence-corrected chi connectivity index (χ1v) is 6.72. The van der Waals surface area contributed by atoms with Crippen LogP contribution in [0.3, 0.4) is 0 Å². The van der Waals surface area contributed by atoms with Crippen molar-refractivity contribution in [1.29, 1.82) is 0 Å². The summed E-state index contributed by atoms with van der Waals surface area (Å²) in [6.45, 7) is 6.00. The molecular weight excluding hydrogens is 260 g/mol. The molecule has 0 aliphatic carbocycles. The Hall–Kier alpha value is -1.56. The van der Waals surface area contributed by atoms with Gasteiger partial charge in [0.2, 0.25) is 0 Å². The number of nitrogens with zero attached hydrogens (tertiary/aromatic N) is 2. The third-order valence-electron chi connectivity index (χ3n) is 3.17. The van der Waals surface area contributed by atoms with E-state index >= 15 is 0 Å². The van der Waals surface area contributed by atoms with Crippen LogP contribution in [0.2, 0.25) is 0 Å². The summed E-state index contributed by atoms with van der Waals surface area (Å²) >= 11 is 0. The van der Waals surface area contributed by atoms with E-state index in [-0.39, 0.29) is 18.4 Å². The maximum absolute atomic E-state index is 12.4. The zero-order valence-electron chi connectivity index (χ0n) is 12.7. The lowest BCUT2D eigenvalue weighted by molar-refractivity contribution is -0.120. The fourth-order valence-corrected chi connectivity index (χ4v) is 2.46. The van der Waals surface area contributed by atoms with Gasteiger partial charge in [-0.2, -0.15) is 0 Å². The van der Waals surface area contributed by atoms with Crippen LogP contribution in [0.5, 0.6) is 0 Å². The van der Waals surface area contributed by atoms with E-state index in [0.717, 1.165) is 0 Å². The van der Waals surface area contributed by atoms with Gasteiger partial charge in [-0.1, -0.05) is 0 Å². The molecule has 112 valence electrons. The molecule has 0 saturated carbocycles. The number of hydrogen-bond donors (Lipinski definition) is 0. The standard InChI is InChI=1S/C14H22N2O4/c1-14(2,3)20-13(18)16-10-7-19-8-11(16)12(17)9(10)6-15(4)5/h6,10-11H,7-8H2,1-5H3. The monoisotopic (exact) mass is 282 g/mol. The molecule has 0 aromatic carbocycles. The van der Waals surface area contributed by atoms with Crippen LogP contribution in [-0.4, -0.2) is 66.7 Å². The molecule has 2 heterocycles. The van der Waals surface area contributed by atoms with Gasteiger partial charge in [-0.15, -0.1) is 0 Å². The molecule has 20 heavy (non-hydrogen) atoms. The fraction of sp³-hybridized carbons (Fsp3) is 0.714. The summed E-state index contributed by atoms with van der Waals surface area (Å²) in [5.74, 6) is -0.0490. The number of carbonyl (C=O) groups excluding carboxylic acids is 2. The van der Waals surface area contributed by atoms with Crippen LogP contribution in [0.25, 0.3) is 0 Å². The van der Waals surface area contributed by atoms with Crippen LogP contribution in [0.15, 0.2) is 11.8 Å². The predicted molar refractivity (Wildman–Crippen MR) is 73.2 cm³/mol. The molecule has 6 heteroatoms. The Bertz CT molecular complexity index is 451. The summed E-state index contributed by atoms with van der Waals surface area (Å²) in [7, 11) is 3.70. The van der Waals surface area contributed by atoms with E-state index in [2.05, 4.69) is 0 Å². The second-order valence-corrected chi connectivity index (χ2v) is 6.37. The minimum Gasteiger partial charge on any atom is -0.444 e. The lowest BCUT2D eigenvalue weighted by Crippen LogP contribution is -2.52. The first kappa shape index (κ1) is 14.8. The lowest BCUT2D eigenvalue weighted by atomic mass is 10.1. The Morgan fingerprint density at radius 3 is 2.50 bits per heavy atom. The van der Waals surface area contributed by atoms with Crippen molar-refractivity contribution in [3.05, 3.63) is 11.8 Å². The zero-order valence-corrected chi connectivity index (χ0v) is 12.7. The van der Waals surface area contributed by atoms with Crippen LogP contribution >= 0.6 is 0 Å². The predicted octanol–water partition coefficient (Wildman–Crippen LogP) is 1.02. The zero-order chi connectivity index (χ0) is 15.1. The largest absolute Gasteiger partial charge is 0.444 e. The Morgan fingerprint density at radius 2 is 1.95 bits per heavy atom. The van der Waals surface area contributed by atoms with Gasteiger partial charge in [0.05, 0.1) is 19.3 Å². The molecule has 0 N–H and O–H groups in total. The molecule has 2 fully saturated rings. The molecule has 0 aromatic heterocycles. The third kappa shape index (κ3) is 2.80. The number of hydrogen-bond acceptors (Lipinski definition) is 5. The molecule has 2 atom stereocenters. The van der Waals surface area contributed by atoms with Crippen LogP contribution in [0.4, 0.5) is 4.79 Å². The topological polar surface area (TPSA) is 59.1 Å². The van der Waals surface area contributed by atoms with Crippen molar-refractivity contribution >= 4 is 11.9 Å². The van der Waals surface area contributed by atoms with Crippen molar-refractivity contribution in [2.24, 2.45) is 0 Å². The van der Waals surface area contributed by atoms with Crippen LogP contribution < -0.4 is 0 Å². The molecule has 2 aliphatic heterocycles. The van der Waals surface area contributed by atoms with Gasteiger partial charge in [-0.05, 0) is 20.8 Å². The minimum atomic E-state index is -0.580. The molecule has 2 bridgehead atoms. The quantitative estimate of drug-likeness (QED) is 0.672. The number of fused-ring (bicyclic) bond motifs is 2. The highest BCUT2D eigenvalue weighted by molar-refractivity contribution is 6.06. The summed E-state index contributed by atoms with van der Waals surface area (Å²) in [5, 5.41) is 0. The highest BCUT2D eigenvalue weighted by Gasteiger charge is 2.51. The molecule has 2 saturated heterocycles. The Kier molecular flexibility index (Phi) is 3.77. The summed E-state index contributed by atoms with van der Waals surface area (Å²) < 4.78 is 10.8. The Morgan fingerprint density at radius 1 is 1.35 bits per heavy atom. The summed E-state index contributed by atoms with van der Waals surface area (Å²) in [6, 6.07) is -0.909. The Balaban J connectivity index is 2.27. The SMILES string of the molecule is CN(C)C=C1C(=O)C2COCC1N2C(=O)OC(C)(C)C. The van der Waals surface area contributed by atoms with Crippen molar-refractivity contribution < 1.29 is 19.1 Å². The van der Waals surface area contributed by atoms with E-state index in [0.29, 0.717) is 12.2 Å². The molecule has 6 nitrogen and oxygen atoms in total. The molecule has 1 amide bonds. The van der Waals surface area contributed by atoms with Crippen molar-refractivity contribution in [2.75, 3.05) is 27.3 Å². The van der Waals surface area contributed by atoms with Gasteiger partial charge in [0, 0.05) is 25.9 Å². The molecule has 2 unspecified atom stereocenters. The number of ether oxygens (including phenoxy) is 2. The van der Waals surface area contributed by atoms with E-state index in [1.165, 1.54) is 4.90 Å². The number of morpholine rings is 1. The molecule has 0 spiro atoms. The number of ketones is 1. The normalized spacial score (nSPS) is 27.9. The highest BCUT2D eigenvalue weighted by atomic mass is 16.6. The van der Waals surface area contributed by atoms with E-state index < -0.39 is 17.7 Å². The van der Waals surface area contributed by atoms with Gasteiger partial charge in [-0.3, -0.25) is 9.69 Å². The van der Waals surface area contributed by atoms with Gasteiger partial charge in [0.25, 0.3) is 0 Å². The summed E-state index contributed by atoms with van der Waals surface area (Å²) in [6.07, 6.45) is 1.31. The molecular formula is C14H22N2O4. The van der Waals surface area contributed by atoms with Crippen LogP contribution in [-0.2, 0) is 14.3 Å². The maximum Gasteiger partial charge on any atom is 0.411 e.